The lowest BCUT2D eigenvalue weighted by atomic mass is 10.2. The van der Waals surface area contributed by atoms with Crippen LogP contribution in [0.3, 0.4) is 0 Å². The number of hydrogen-bond donors (Lipinski definition) is 1. The normalized spacial score (nSPS) is 16.1. The van der Waals surface area contributed by atoms with E-state index in [2.05, 4.69) is 5.32 Å². The van der Waals surface area contributed by atoms with Crippen LogP contribution in [0.5, 0.6) is 5.75 Å². The van der Waals surface area contributed by atoms with E-state index in [1.54, 1.807) is 49.4 Å². The second-order valence-electron chi connectivity index (χ2n) is 7.23. The third kappa shape index (κ3) is 5.38. The van der Waals surface area contributed by atoms with Crippen molar-refractivity contribution in [1.82, 2.24) is 4.31 Å². The molecule has 1 amide bonds. The molecule has 0 radical (unpaired) electrons. The molecular formula is C22H25N3O4S. The maximum Gasteiger partial charge on any atom is 0.265 e. The van der Waals surface area contributed by atoms with Gasteiger partial charge in [0.2, 0.25) is 10.0 Å². The maximum atomic E-state index is 13.0. The van der Waals surface area contributed by atoms with Gasteiger partial charge in [0.25, 0.3) is 5.91 Å². The zero-order valence-electron chi connectivity index (χ0n) is 16.9. The Kier molecular flexibility index (Phi) is 7.08. The predicted molar refractivity (Wildman–Crippen MR) is 114 cm³/mol. The minimum absolute atomic E-state index is 0.169. The van der Waals surface area contributed by atoms with E-state index in [1.165, 1.54) is 10.4 Å². The Morgan fingerprint density at radius 3 is 2.40 bits per heavy atom. The van der Waals surface area contributed by atoms with E-state index in [9.17, 15) is 13.2 Å². The summed E-state index contributed by atoms with van der Waals surface area (Å²) >= 11 is 0. The number of anilines is 1. The van der Waals surface area contributed by atoms with E-state index in [-0.39, 0.29) is 4.90 Å². The minimum atomic E-state index is -3.59. The molecule has 7 nitrogen and oxygen atoms in total. The fraction of sp³-hybridized carbons (Fsp3) is 0.364. The van der Waals surface area contributed by atoms with Crippen molar-refractivity contribution in [2.24, 2.45) is 0 Å². The molecule has 1 aliphatic rings. The second kappa shape index (κ2) is 9.74. The molecule has 2 aromatic carbocycles. The summed E-state index contributed by atoms with van der Waals surface area (Å²) in [7, 11) is -3.59. The lowest BCUT2D eigenvalue weighted by molar-refractivity contribution is -0.122. The molecule has 1 aliphatic heterocycles. The topological polar surface area (TPSA) is 99.5 Å². The molecular weight excluding hydrogens is 402 g/mol. The largest absolute Gasteiger partial charge is 0.481 e. The Morgan fingerprint density at radius 2 is 1.77 bits per heavy atom. The number of nitrogens with zero attached hydrogens (tertiary/aromatic N) is 2. The molecule has 0 spiro atoms. The Balaban J connectivity index is 1.67. The van der Waals surface area contributed by atoms with Crippen LogP contribution in [0.4, 0.5) is 5.69 Å². The van der Waals surface area contributed by atoms with E-state index in [0.29, 0.717) is 30.1 Å². The number of nitriles is 1. The third-order valence-electron chi connectivity index (χ3n) is 4.97. The van der Waals surface area contributed by atoms with Gasteiger partial charge in [-0.3, -0.25) is 4.79 Å². The number of nitrogens with one attached hydrogen (secondary N) is 1. The average Bonchev–Trinajstić information content (AvgIpc) is 3.04. The molecule has 1 unspecified atom stereocenters. The first-order valence-electron chi connectivity index (χ1n) is 9.98. The summed E-state index contributed by atoms with van der Waals surface area (Å²) in [6.45, 7) is 2.65. The van der Waals surface area contributed by atoms with Gasteiger partial charge in [-0.2, -0.15) is 9.57 Å². The number of hydrogen-bond acceptors (Lipinski definition) is 5. The van der Waals surface area contributed by atoms with Gasteiger partial charge in [-0.15, -0.1) is 0 Å². The van der Waals surface area contributed by atoms with Crippen molar-refractivity contribution in [3.05, 3.63) is 54.1 Å². The van der Waals surface area contributed by atoms with Crippen molar-refractivity contribution in [2.75, 3.05) is 18.4 Å². The highest BCUT2D eigenvalue weighted by molar-refractivity contribution is 7.89. The van der Waals surface area contributed by atoms with Gasteiger partial charge in [0, 0.05) is 18.8 Å². The summed E-state index contributed by atoms with van der Waals surface area (Å²) < 4.78 is 33.1. The van der Waals surface area contributed by atoms with Crippen LogP contribution in [-0.2, 0) is 14.8 Å². The number of carbonyl (C=O) groups excluding carboxylic acids is 1. The van der Waals surface area contributed by atoms with E-state index >= 15 is 0 Å². The average molecular weight is 428 g/mol. The van der Waals surface area contributed by atoms with Crippen LogP contribution in [0.1, 0.15) is 38.2 Å². The highest BCUT2D eigenvalue weighted by Crippen LogP contribution is 2.23. The van der Waals surface area contributed by atoms with Crippen molar-refractivity contribution in [3.8, 4) is 11.8 Å². The number of rotatable bonds is 6. The van der Waals surface area contributed by atoms with Gasteiger partial charge in [-0.1, -0.05) is 18.9 Å². The molecule has 1 N–H and O–H groups in total. The monoisotopic (exact) mass is 427 g/mol. The summed E-state index contributed by atoms with van der Waals surface area (Å²) in [4.78, 5) is 12.7. The molecule has 0 aliphatic carbocycles. The summed E-state index contributed by atoms with van der Waals surface area (Å²) in [5, 5.41) is 11.6. The van der Waals surface area contributed by atoms with Gasteiger partial charge >= 0.3 is 0 Å². The number of amides is 1. The molecule has 158 valence electrons. The molecule has 0 aromatic heterocycles. The number of benzene rings is 2. The molecule has 1 heterocycles. The van der Waals surface area contributed by atoms with Crippen molar-refractivity contribution in [1.29, 1.82) is 5.26 Å². The lowest BCUT2D eigenvalue weighted by Gasteiger charge is -2.20. The maximum absolute atomic E-state index is 13.0. The summed E-state index contributed by atoms with van der Waals surface area (Å²) in [6, 6.07) is 14.8. The molecule has 2 aromatic rings. The van der Waals surface area contributed by atoms with Crippen molar-refractivity contribution in [2.45, 2.75) is 43.6 Å². The van der Waals surface area contributed by atoms with E-state index in [0.717, 1.165) is 25.7 Å². The van der Waals surface area contributed by atoms with Crippen molar-refractivity contribution in [3.63, 3.8) is 0 Å². The first-order valence-corrected chi connectivity index (χ1v) is 11.4. The molecule has 8 heteroatoms. The Hall–Kier alpha value is -2.89. The quantitative estimate of drug-likeness (QED) is 0.760. The molecule has 0 bridgehead atoms. The number of ether oxygens (including phenoxy) is 1. The summed E-state index contributed by atoms with van der Waals surface area (Å²) in [5.41, 5.74) is 0.896. The third-order valence-corrected chi connectivity index (χ3v) is 6.86. The van der Waals surface area contributed by atoms with Crippen LogP contribution in [0.15, 0.2) is 53.4 Å². The lowest BCUT2D eigenvalue weighted by Crippen LogP contribution is -2.32. The molecule has 0 saturated carbocycles. The van der Waals surface area contributed by atoms with Crippen LogP contribution in [-0.4, -0.2) is 37.8 Å². The zero-order chi connectivity index (χ0) is 21.6. The molecule has 1 fully saturated rings. The standard InChI is InChI=1S/C22H25N3O4S/c1-17(29-20-11-9-18(16-23)10-12-20)22(26)24-19-7-6-8-21(15-19)30(27,28)25-13-4-2-3-5-14-25/h6-12,15,17H,2-5,13-14H2,1H3,(H,24,26). The van der Waals surface area contributed by atoms with Gasteiger partial charge in [-0.05, 0) is 62.2 Å². The molecule has 1 atom stereocenters. The first kappa shape index (κ1) is 21.8. The Bertz CT molecular complexity index is 1020. The highest BCUT2D eigenvalue weighted by atomic mass is 32.2. The molecule has 3 rings (SSSR count). The molecule has 30 heavy (non-hydrogen) atoms. The van der Waals surface area contributed by atoms with Crippen LogP contribution < -0.4 is 10.1 Å². The van der Waals surface area contributed by atoms with Gasteiger partial charge in [0.05, 0.1) is 16.5 Å². The van der Waals surface area contributed by atoms with Gasteiger partial charge in [0.1, 0.15) is 5.75 Å². The van der Waals surface area contributed by atoms with Crippen LogP contribution in [0, 0.1) is 11.3 Å². The van der Waals surface area contributed by atoms with E-state index in [4.69, 9.17) is 10.00 Å². The van der Waals surface area contributed by atoms with Gasteiger partial charge in [-0.25, -0.2) is 8.42 Å². The Labute approximate surface area is 177 Å². The van der Waals surface area contributed by atoms with Crippen LogP contribution in [0.2, 0.25) is 0 Å². The molecule has 1 saturated heterocycles. The number of sulfonamides is 1. The smallest absolute Gasteiger partial charge is 0.265 e. The zero-order valence-corrected chi connectivity index (χ0v) is 17.7. The van der Waals surface area contributed by atoms with Crippen molar-refractivity contribution >= 4 is 21.6 Å². The number of carbonyl (C=O) groups is 1. The van der Waals surface area contributed by atoms with Crippen LogP contribution >= 0.6 is 0 Å². The van der Waals surface area contributed by atoms with E-state index in [1.807, 2.05) is 6.07 Å². The van der Waals surface area contributed by atoms with Crippen molar-refractivity contribution < 1.29 is 17.9 Å². The van der Waals surface area contributed by atoms with Crippen LogP contribution in [0.25, 0.3) is 0 Å². The fourth-order valence-electron chi connectivity index (χ4n) is 3.27. The highest BCUT2D eigenvalue weighted by Gasteiger charge is 2.25. The second-order valence-corrected chi connectivity index (χ2v) is 9.17. The fourth-order valence-corrected chi connectivity index (χ4v) is 4.84. The summed E-state index contributed by atoms with van der Waals surface area (Å²) in [5.74, 6) is 0.0674. The Morgan fingerprint density at radius 1 is 1.10 bits per heavy atom. The van der Waals surface area contributed by atoms with E-state index < -0.39 is 22.0 Å². The van der Waals surface area contributed by atoms with Gasteiger partial charge in [0.15, 0.2) is 6.10 Å². The predicted octanol–water partition coefficient (Wildman–Crippen LogP) is 3.53. The minimum Gasteiger partial charge on any atom is -0.481 e. The van der Waals surface area contributed by atoms with Gasteiger partial charge < -0.3 is 10.1 Å². The SMILES string of the molecule is CC(Oc1ccc(C#N)cc1)C(=O)Nc1cccc(S(=O)(=O)N2CCCCCC2)c1. The first-order chi connectivity index (χ1) is 14.4. The summed E-state index contributed by atoms with van der Waals surface area (Å²) in [6.07, 6.45) is 3.00.